The zero-order chi connectivity index (χ0) is 20.5. The van der Waals surface area contributed by atoms with Gasteiger partial charge in [0, 0.05) is 36.8 Å². The van der Waals surface area contributed by atoms with Gasteiger partial charge in [0.05, 0.1) is 16.9 Å². The van der Waals surface area contributed by atoms with Gasteiger partial charge < -0.3 is 4.98 Å². The van der Waals surface area contributed by atoms with Gasteiger partial charge >= 0.3 is 0 Å². The van der Waals surface area contributed by atoms with E-state index in [0.29, 0.717) is 18.4 Å². The molecule has 0 fully saturated rings. The molecule has 0 saturated heterocycles. The van der Waals surface area contributed by atoms with Crippen molar-refractivity contribution in [2.45, 2.75) is 12.8 Å². The maximum atomic E-state index is 14.0. The molecule has 5 nitrogen and oxygen atoms in total. The van der Waals surface area contributed by atoms with Crippen LogP contribution in [0.4, 0.5) is 4.39 Å². The van der Waals surface area contributed by atoms with Crippen molar-refractivity contribution in [2.24, 2.45) is 7.05 Å². The van der Waals surface area contributed by atoms with Crippen molar-refractivity contribution in [3.8, 4) is 22.6 Å². The van der Waals surface area contributed by atoms with Gasteiger partial charge in [-0.05, 0) is 42.3 Å². The number of nitrogens with zero attached hydrogens (tertiary/aromatic N) is 4. The number of nitrogens with one attached hydrogen (secondary N) is 1. The molecule has 0 atom stereocenters. The number of aromatic amines is 1. The molecule has 0 saturated carbocycles. The molecule has 5 rings (SSSR count). The number of aryl methyl sites for hydroxylation is 3. The van der Waals surface area contributed by atoms with Gasteiger partial charge in [-0.2, -0.15) is 5.10 Å². The Kier molecular flexibility index (Phi) is 4.59. The highest BCUT2D eigenvalue weighted by Gasteiger charge is 2.17. The minimum atomic E-state index is -0.184. The van der Waals surface area contributed by atoms with E-state index in [9.17, 15) is 4.39 Å². The standard InChI is InChI=1S/C24H20FN5/c1-30-14-12-21(29-30)24-23(18-8-10-20-17(15-18)6-4-13-26-20)27-22(28-24)11-9-16-5-2-3-7-19(16)25/h2-8,10,12-15H,9,11H2,1H3,(H,27,28). The molecule has 2 aromatic carbocycles. The van der Waals surface area contributed by atoms with Crippen LogP contribution in [-0.2, 0) is 19.9 Å². The van der Waals surface area contributed by atoms with E-state index >= 15 is 0 Å². The average Bonchev–Trinajstić information content (AvgIpc) is 3.39. The highest BCUT2D eigenvalue weighted by molar-refractivity contribution is 5.86. The SMILES string of the molecule is Cn1ccc(-c2[nH]c(CCc3ccccc3F)nc2-c2ccc3ncccc3c2)n1. The van der Waals surface area contributed by atoms with E-state index in [2.05, 4.69) is 21.1 Å². The van der Waals surface area contributed by atoms with Crippen molar-refractivity contribution < 1.29 is 4.39 Å². The number of imidazole rings is 1. The quantitative estimate of drug-likeness (QED) is 0.456. The van der Waals surface area contributed by atoms with Crippen molar-refractivity contribution in [1.29, 1.82) is 0 Å². The first-order chi connectivity index (χ1) is 14.7. The van der Waals surface area contributed by atoms with Crippen LogP contribution in [0, 0.1) is 5.82 Å². The molecule has 0 radical (unpaired) electrons. The lowest BCUT2D eigenvalue weighted by molar-refractivity contribution is 0.607. The number of H-pyrrole nitrogens is 1. The fraction of sp³-hybridized carbons (Fsp3) is 0.125. The molecule has 148 valence electrons. The second kappa shape index (κ2) is 7.55. The van der Waals surface area contributed by atoms with Crippen molar-refractivity contribution in [2.75, 3.05) is 0 Å². The van der Waals surface area contributed by atoms with Crippen LogP contribution in [0.3, 0.4) is 0 Å². The molecular formula is C24H20FN5. The van der Waals surface area contributed by atoms with Gasteiger partial charge in [0.25, 0.3) is 0 Å². The van der Waals surface area contributed by atoms with E-state index in [1.54, 1.807) is 16.9 Å². The first-order valence-corrected chi connectivity index (χ1v) is 9.85. The number of aromatic nitrogens is 5. The van der Waals surface area contributed by atoms with Crippen molar-refractivity contribution in [3.05, 3.63) is 90.3 Å². The third-order valence-electron chi connectivity index (χ3n) is 5.19. The molecule has 0 spiro atoms. The highest BCUT2D eigenvalue weighted by Crippen LogP contribution is 2.31. The van der Waals surface area contributed by atoms with E-state index < -0.39 is 0 Å². The van der Waals surface area contributed by atoms with Crippen LogP contribution in [-0.4, -0.2) is 24.7 Å². The van der Waals surface area contributed by atoms with Crippen LogP contribution < -0.4 is 0 Å². The summed E-state index contributed by atoms with van der Waals surface area (Å²) in [4.78, 5) is 12.7. The summed E-state index contributed by atoms with van der Waals surface area (Å²) >= 11 is 0. The lowest BCUT2D eigenvalue weighted by atomic mass is 10.1. The number of hydrogen-bond donors (Lipinski definition) is 1. The number of hydrogen-bond acceptors (Lipinski definition) is 3. The van der Waals surface area contributed by atoms with Gasteiger partial charge in [-0.15, -0.1) is 0 Å². The van der Waals surface area contributed by atoms with Crippen LogP contribution in [0.1, 0.15) is 11.4 Å². The Bertz CT molecular complexity index is 1330. The molecule has 6 heteroatoms. The van der Waals surface area contributed by atoms with E-state index in [1.165, 1.54) is 6.07 Å². The van der Waals surface area contributed by atoms with Crippen LogP contribution >= 0.6 is 0 Å². The summed E-state index contributed by atoms with van der Waals surface area (Å²) in [5.74, 6) is 0.622. The molecule has 0 aliphatic rings. The zero-order valence-electron chi connectivity index (χ0n) is 16.5. The fourth-order valence-electron chi connectivity index (χ4n) is 3.66. The average molecular weight is 397 g/mol. The first-order valence-electron chi connectivity index (χ1n) is 9.85. The summed E-state index contributed by atoms with van der Waals surface area (Å²) in [6, 6.07) is 18.9. The summed E-state index contributed by atoms with van der Waals surface area (Å²) in [5, 5.41) is 5.60. The second-order valence-corrected chi connectivity index (χ2v) is 7.28. The third-order valence-corrected chi connectivity index (χ3v) is 5.19. The largest absolute Gasteiger partial charge is 0.340 e. The van der Waals surface area contributed by atoms with Gasteiger partial charge in [-0.25, -0.2) is 9.37 Å². The lowest BCUT2D eigenvalue weighted by Gasteiger charge is -2.03. The Hall–Kier alpha value is -3.80. The maximum absolute atomic E-state index is 14.0. The first kappa shape index (κ1) is 18.2. The smallest absolute Gasteiger partial charge is 0.126 e. The van der Waals surface area contributed by atoms with Crippen LogP contribution in [0.25, 0.3) is 33.5 Å². The molecule has 0 aliphatic heterocycles. The predicted octanol–water partition coefficient (Wildman–Crippen LogP) is 4.95. The predicted molar refractivity (Wildman–Crippen MR) is 115 cm³/mol. The van der Waals surface area contributed by atoms with Crippen molar-refractivity contribution in [3.63, 3.8) is 0 Å². The number of rotatable bonds is 5. The van der Waals surface area contributed by atoms with Crippen LogP contribution in [0.15, 0.2) is 73.1 Å². The fourth-order valence-corrected chi connectivity index (χ4v) is 3.66. The highest BCUT2D eigenvalue weighted by atomic mass is 19.1. The normalized spacial score (nSPS) is 11.3. The summed E-state index contributed by atoms with van der Waals surface area (Å²) in [7, 11) is 1.89. The zero-order valence-corrected chi connectivity index (χ0v) is 16.5. The maximum Gasteiger partial charge on any atom is 0.126 e. The Morgan fingerprint density at radius 3 is 2.73 bits per heavy atom. The van der Waals surface area contributed by atoms with E-state index in [-0.39, 0.29) is 5.82 Å². The molecule has 0 unspecified atom stereocenters. The molecule has 3 aromatic heterocycles. The molecule has 0 amide bonds. The van der Waals surface area contributed by atoms with Gasteiger partial charge in [-0.3, -0.25) is 9.67 Å². The molecule has 0 bridgehead atoms. The number of halogens is 1. The van der Waals surface area contributed by atoms with E-state index in [0.717, 1.165) is 39.4 Å². The minimum Gasteiger partial charge on any atom is -0.340 e. The van der Waals surface area contributed by atoms with E-state index in [1.807, 2.05) is 55.7 Å². The topological polar surface area (TPSA) is 59.4 Å². The molecule has 5 aromatic rings. The van der Waals surface area contributed by atoms with E-state index in [4.69, 9.17) is 4.98 Å². The summed E-state index contributed by atoms with van der Waals surface area (Å²) in [6.45, 7) is 0. The lowest BCUT2D eigenvalue weighted by Crippen LogP contribution is -1.96. The monoisotopic (exact) mass is 397 g/mol. The Morgan fingerprint density at radius 1 is 1.00 bits per heavy atom. The van der Waals surface area contributed by atoms with Gasteiger partial charge in [0.2, 0.25) is 0 Å². The number of pyridine rings is 1. The molecule has 0 aliphatic carbocycles. The van der Waals surface area contributed by atoms with Crippen molar-refractivity contribution >= 4 is 10.9 Å². The summed E-state index contributed by atoms with van der Waals surface area (Å²) < 4.78 is 15.8. The number of fused-ring (bicyclic) bond motifs is 1. The minimum absolute atomic E-state index is 0.184. The third kappa shape index (κ3) is 3.48. The Morgan fingerprint density at radius 2 is 1.90 bits per heavy atom. The number of benzene rings is 2. The van der Waals surface area contributed by atoms with Crippen LogP contribution in [0.5, 0.6) is 0 Å². The van der Waals surface area contributed by atoms with Crippen molar-refractivity contribution in [1.82, 2.24) is 24.7 Å². The molecular weight excluding hydrogens is 377 g/mol. The summed E-state index contributed by atoms with van der Waals surface area (Å²) in [6.07, 6.45) is 4.87. The molecule has 30 heavy (non-hydrogen) atoms. The van der Waals surface area contributed by atoms with Gasteiger partial charge in [0.15, 0.2) is 0 Å². The van der Waals surface area contributed by atoms with Crippen LogP contribution in [0.2, 0.25) is 0 Å². The Labute approximate surface area is 173 Å². The molecule has 1 N–H and O–H groups in total. The second-order valence-electron chi connectivity index (χ2n) is 7.28. The van der Waals surface area contributed by atoms with Gasteiger partial charge in [0.1, 0.15) is 17.3 Å². The summed E-state index contributed by atoms with van der Waals surface area (Å²) in [5.41, 5.74) is 5.14. The van der Waals surface area contributed by atoms with Gasteiger partial charge in [-0.1, -0.05) is 30.3 Å². The molecule has 3 heterocycles. The Balaban J connectivity index is 1.55.